The van der Waals surface area contributed by atoms with Crippen LogP contribution in [0.3, 0.4) is 0 Å². The Kier molecular flexibility index (Phi) is 4.81. The first kappa shape index (κ1) is 17.9. The van der Waals surface area contributed by atoms with E-state index in [0.717, 1.165) is 4.90 Å². The molecule has 2 aliphatic rings. The van der Waals surface area contributed by atoms with Gasteiger partial charge in [-0.05, 0) is 12.8 Å². The number of carbonyl (C=O) groups is 1. The van der Waals surface area contributed by atoms with E-state index >= 15 is 0 Å². The molecule has 12 nitrogen and oxygen atoms in total. The first-order chi connectivity index (χ1) is 10.5. The molecule has 0 spiro atoms. The molecule has 2 atom stereocenters. The Morgan fingerprint density at radius 3 is 2.65 bits per heavy atom. The lowest BCUT2D eigenvalue weighted by Crippen LogP contribution is -2.48. The number of hydrogen-bond acceptors (Lipinski definition) is 6. The van der Waals surface area contributed by atoms with Crippen molar-refractivity contribution in [2.45, 2.75) is 31.8 Å². The van der Waals surface area contributed by atoms with E-state index in [1.807, 2.05) is 0 Å². The van der Waals surface area contributed by atoms with E-state index < -0.39 is 38.7 Å². The Bertz CT molecular complexity index is 719. The molecule has 0 aromatic heterocycles. The van der Waals surface area contributed by atoms with Crippen LogP contribution in [0.5, 0.6) is 0 Å². The fourth-order valence-electron chi connectivity index (χ4n) is 2.55. The minimum Gasteiger partial charge on any atom is -0.385 e. The van der Waals surface area contributed by atoms with Crippen molar-refractivity contribution in [3.8, 4) is 0 Å². The van der Waals surface area contributed by atoms with Gasteiger partial charge >= 0.3 is 26.6 Å². The number of urea groups is 1. The molecule has 23 heavy (non-hydrogen) atoms. The highest BCUT2D eigenvalue weighted by atomic mass is 32.3. The molecule has 0 saturated carbocycles. The second kappa shape index (κ2) is 6.20. The monoisotopic (exact) mass is 371 g/mol. The Labute approximate surface area is 133 Å². The largest absolute Gasteiger partial charge is 0.418 e. The lowest BCUT2D eigenvalue weighted by Gasteiger charge is -2.29. The van der Waals surface area contributed by atoms with Crippen LogP contribution < -0.4 is 10.5 Å². The number of fused-ring (bicyclic) bond motifs is 2. The minimum atomic E-state index is -4.84. The van der Waals surface area contributed by atoms with Gasteiger partial charge < -0.3 is 10.6 Å². The Morgan fingerprint density at radius 2 is 2.09 bits per heavy atom. The summed E-state index contributed by atoms with van der Waals surface area (Å²) in [5.74, 6) is -0.286. The summed E-state index contributed by atoms with van der Waals surface area (Å²) >= 11 is 0. The molecule has 2 aliphatic heterocycles. The zero-order chi connectivity index (χ0) is 17.4. The van der Waals surface area contributed by atoms with Gasteiger partial charge in [0.05, 0.1) is 12.1 Å². The first-order valence-corrected chi connectivity index (χ1v) is 9.46. The molecule has 2 heterocycles. The van der Waals surface area contributed by atoms with Crippen LogP contribution in [0.15, 0.2) is 4.40 Å². The smallest absolute Gasteiger partial charge is 0.385 e. The molecule has 14 heteroatoms. The highest BCUT2D eigenvalue weighted by molar-refractivity contribution is 7.88. The zero-order valence-corrected chi connectivity index (χ0v) is 13.7. The minimum absolute atomic E-state index is 0.0799. The first-order valence-electron chi connectivity index (χ1n) is 6.66. The number of nitrogens with zero attached hydrogens (tertiary/aromatic N) is 3. The molecule has 2 saturated heterocycles. The molecule has 2 unspecified atom stereocenters. The van der Waals surface area contributed by atoms with Gasteiger partial charge in [-0.25, -0.2) is 4.79 Å². The normalized spacial score (nSPS) is 26.0. The summed E-state index contributed by atoms with van der Waals surface area (Å²) in [4.78, 5) is 13.3. The molecule has 2 fully saturated rings. The molecule has 2 rings (SSSR count). The zero-order valence-electron chi connectivity index (χ0n) is 12.1. The van der Waals surface area contributed by atoms with Crippen LogP contribution in [-0.2, 0) is 24.9 Å². The predicted molar refractivity (Wildman–Crippen MR) is 77.6 cm³/mol. The Morgan fingerprint density at radius 1 is 1.43 bits per heavy atom. The molecule has 4 N–H and O–H groups in total. The number of nitrogens with two attached hydrogens (primary N) is 1. The summed E-state index contributed by atoms with van der Waals surface area (Å²) < 4.78 is 63.3. The second-order valence-corrected chi connectivity index (χ2v) is 7.42. The lowest BCUT2D eigenvalue weighted by molar-refractivity contribution is -0.0316. The van der Waals surface area contributed by atoms with Gasteiger partial charge in [-0.15, -0.1) is 8.68 Å². The molecular formula is C9H17N5O7S2. The van der Waals surface area contributed by atoms with Crippen LogP contribution in [0.25, 0.3) is 0 Å². The fourth-order valence-corrected chi connectivity index (χ4v) is 3.77. The van der Waals surface area contributed by atoms with Gasteiger partial charge in [0, 0.05) is 13.1 Å². The lowest BCUT2D eigenvalue weighted by atomic mass is 10.0. The van der Waals surface area contributed by atoms with Gasteiger partial charge in [-0.3, -0.25) is 4.55 Å². The van der Waals surface area contributed by atoms with E-state index in [2.05, 4.69) is 13.4 Å². The van der Waals surface area contributed by atoms with Crippen LogP contribution in [0.2, 0.25) is 0 Å². The molecule has 0 aromatic rings. The summed E-state index contributed by atoms with van der Waals surface area (Å²) in [5.41, 5.74) is 5.69. The van der Waals surface area contributed by atoms with Crippen molar-refractivity contribution in [3.63, 3.8) is 0 Å². The van der Waals surface area contributed by atoms with E-state index in [-0.39, 0.29) is 25.3 Å². The van der Waals surface area contributed by atoms with Crippen LogP contribution in [0.1, 0.15) is 19.8 Å². The van der Waals surface area contributed by atoms with Gasteiger partial charge in [0.1, 0.15) is 5.84 Å². The molecule has 0 radical (unpaired) electrons. The third kappa shape index (κ3) is 4.08. The number of carbonyl (C=O) groups excluding carboxylic acids is 1. The number of piperidine rings is 1. The highest BCUT2D eigenvalue weighted by Crippen LogP contribution is 2.30. The van der Waals surface area contributed by atoms with Crippen molar-refractivity contribution in [2.75, 3.05) is 13.1 Å². The van der Waals surface area contributed by atoms with Crippen molar-refractivity contribution in [1.82, 2.24) is 14.7 Å². The van der Waals surface area contributed by atoms with Crippen molar-refractivity contribution in [3.05, 3.63) is 0 Å². The van der Waals surface area contributed by atoms with E-state index in [1.54, 1.807) is 6.92 Å². The topological polar surface area (TPSA) is 172 Å². The number of hydroxylamine groups is 2. The molecular weight excluding hydrogens is 354 g/mol. The van der Waals surface area contributed by atoms with Gasteiger partial charge in [-0.1, -0.05) is 6.92 Å². The molecule has 2 bridgehead atoms. The third-order valence-electron chi connectivity index (χ3n) is 3.39. The number of rotatable bonds is 6. The quantitative estimate of drug-likeness (QED) is 0.279. The standard InChI is InChI=1S/C9H17N5O7S2/c1-2-11-22(16,17)12-8(10)7-4-3-6-5-13(7)9(15)14(6)21-23(18,19)20/h6-7,11H,2-5H2,1H3,(H2,10,12)(H,18,19,20). The third-order valence-corrected chi connectivity index (χ3v) is 4.84. The molecule has 2 amide bonds. The van der Waals surface area contributed by atoms with Gasteiger partial charge in [0.25, 0.3) is 0 Å². The summed E-state index contributed by atoms with van der Waals surface area (Å²) in [6.45, 7) is 1.78. The van der Waals surface area contributed by atoms with E-state index in [0.29, 0.717) is 11.5 Å². The van der Waals surface area contributed by atoms with Gasteiger partial charge in [0.2, 0.25) is 0 Å². The van der Waals surface area contributed by atoms with E-state index in [1.165, 1.54) is 0 Å². The maximum atomic E-state index is 12.1. The van der Waals surface area contributed by atoms with Gasteiger partial charge in [0.15, 0.2) is 0 Å². The summed E-state index contributed by atoms with van der Waals surface area (Å²) in [6, 6.07) is -2.23. The van der Waals surface area contributed by atoms with Crippen LogP contribution in [-0.4, -0.2) is 68.4 Å². The average Bonchev–Trinajstić information content (AvgIpc) is 2.62. The molecule has 132 valence electrons. The Balaban J connectivity index is 2.20. The van der Waals surface area contributed by atoms with Crippen molar-refractivity contribution in [1.29, 1.82) is 0 Å². The van der Waals surface area contributed by atoms with Crippen LogP contribution >= 0.6 is 0 Å². The van der Waals surface area contributed by atoms with Crippen LogP contribution in [0, 0.1) is 0 Å². The number of amidine groups is 1. The average molecular weight is 371 g/mol. The number of amides is 2. The summed E-state index contributed by atoms with van der Waals surface area (Å²) in [6.07, 6.45) is 0.582. The van der Waals surface area contributed by atoms with Gasteiger partial charge in [-0.2, -0.15) is 26.6 Å². The fraction of sp³-hybridized carbons (Fsp3) is 0.778. The summed E-state index contributed by atoms with van der Waals surface area (Å²) in [7, 11) is -8.81. The van der Waals surface area contributed by atoms with Crippen molar-refractivity contribution in [2.24, 2.45) is 10.1 Å². The Hall–Kier alpha value is -1.48. The second-order valence-electron chi connectivity index (χ2n) is 5.00. The van der Waals surface area contributed by atoms with E-state index in [4.69, 9.17) is 10.3 Å². The van der Waals surface area contributed by atoms with Crippen molar-refractivity contribution < 1.29 is 30.5 Å². The van der Waals surface area contributed by atoms with Crippen molar-refractivity contribution >= 4 is 32.5 Å². The summed E-state index contributed by atoms with van der Waals surface area (Å²) in [5, 5.41) is 0.543. The van der Waals surface area contributed by atoms with E-state index in [9.17, 15) is 21.6 Å². The van der Waals surface area contributed by atoms with Crippen LogP contribution in [0.4, 0.5) is 4.79 Å². The SMILES string of the molecule is CCNS(=O)(=O)N=C(N)C1CCC2CN1C(=O)N2OS(=O)(=O)O. The predicted octanol–water partition coefficient (Wildman–Crippen LogP) is -1.80. The number of nitrogens with one attached hydrogen (secondary N) is 1. The number of hydrogen-bond donors (Lipinski definition) is 3. The molecule has 0 aliphatic carbocycles. The maximum absolute atomic E-state index is 12.1. The maximum Gasteiger partial charge on any atom is 0.418 e. The molecule has 0 aromatic carbocycles. The highest BCUT2D eigenvalue weighted by Gasteiger charge is 2.48.